The summed E-state index contributed by atoms with van der Waals surface area (Å²) in [5.41, 5.74) is 6.44. The Bertz CT molecular complexity index is 406. The number of carbonyl (C=O) groups excluding carboxylic acids is 1. The van der Waals surface area contributed by atoms with Gasteiger partial charge in [-0.25, -0.2) is 0 Å². The van der Waals surface area contributed by atoms with Crippen molar-refractivity contribution in [1.82, 2.24) is 4.90 Å². The molecule has 1 heterocycles. The first-order valence-electron chi connectivity index (χ1n) is 5.99. The summed E-state index contributed by atoms with van der Waals surface area (Å²) < 4.78 is 5.47. The van der Waals surface area contributed by atoms with Crippen molar-refractivity contribution in [1.29, 1.82) is 0 Å². The summed E-state index contributed by atoms with van der Waals surface area (Å²) in [5, 5.41) is 0. The number of rotatable bonds is 3. The Kier molecular flexibility index (Phi) is 3.64. The van der Waals surface area contributed by atoms with Crippen LogP contribution >= 0.6 is 0 Å². The maximum atomic E-state index is 12.3. The van der Waals surface area contributed by atoms with Gasteiger partial charge in [0, 0.05) is 19.1 Å². The summed E-state index contributed by atoms with van der Waals surface area (Å²) in [4.78, 5) is 14.1. The SMILES string of the molecule is CCOc1ccccc1C(=O)N1CC[C@@H](N)C1. The molecule has 1 amide bonds. The van der Waals surface area contributed by atoms with Gasteiger partial charge in [0.15, 0.2) is 0 Å². The van der Waals surface area contributed by atoms with Crippen molar-refractivity contribution in [2.45, 2.75) is 19.4 Å². The molecule has 1 saturated heterocycles. The molecule has 4 nitrogen and oxygen atoms in total. The normalized spacial score (nSPS) is 19.4. The van der Waals surface area contributed by atoms with Crippen LogP contribution < -0.4 is 10.5 Å². The van der Waals surface area contributed by atoms with Crippen LogP contribution in [0.1, 0.15) is 23.7 Å². The fourth-order valence-electron chi connectivity index (χ4n) is 2.07. The predicted molar refractivity (Wildman–Crippen MR) is 66.1 cm³/mol. The Morgan fingerprint density at radius 3 is 2.94 bits per heavy atom. The van der Waals surface area contributed by atoms with E-state index in [4.69, 9.17) is 10.5 Å². The highest BCUT2D eigenvalue weighted by Crippen LogP contribution is 2.21. The van der Waals surface area contributed by atoms with Crippen molar-refractivity contribution in [2.24, 2.45) is 5.73 Å². The van der Waals surface area contributed by atoms with E-state index in [1.54, 1.807) is 11.0 Å². The van der Waals surface area contributed by atoms with E-state index in [0.717, 1.165) is 13.0 Å². The lowest BCUT2D eigenvalue weighted by Crippen LogP contribution is -2.32. The first-order valence-corrected chi connectivity index (χ1v) is 5.99. The van der Waals surface area contributed by atoms with Crippen molar-refractivity contribution in [3.8, 4) is 5.75 Å². The number of hydrogen-bond donors (Lipinski definition) is 1. The van der Waals surface area contributed by atoms with E-state index in [2.05, 4.69) is 0 Å². The predicted octanol–water partition coefficient (Wildman–Crippen LogP) is 1.26. The van der Waals surface area contributed by atoms with Crippen LogP contribution in [-0.4, -0.2) is 36.5 Å². The quantitative estimate of drug-likeness (QED) is 0.856. The van der Waals surface area contributed by atoms with Gasteiger partial charge in [0.1, 0.15) is 5.75 Å². The van der Waals surface area contributed by atoms with Gasteiger partial charge in [-0.3, -0.25) is 4.79 Å². The topological polar surface area (TPSA) is 55.6 Å². The Balaban J connectivity index is 2.18. The zero-order valence-corrected chi connectivity index (χ0v) is 10.1. The molecule has 1 aliphatic rings. The molecule has 17 heavy (non-hydrogen) atoms. The van der Waals surface area contributed by atoms with E-state index >= 15 is 0 Å². The molecule has 0 spiro atoms. The fourth-order valence-corrected chi connectivity index (χ4v) is 2.07. The molecule has 1 aromatic rings. The number of para-hydroxylation sites is 1. The van der Waals surface area contributed by atoms with Gasteiger partial charge in [0.05, 0.1) is 12.2 Å². The van der Waals surface area contributed by atoms with E-state index < -0.39 is 0 Å². The van der Waals surface area contributed by atoms with E-state index in [0.29, 0.717) is 24.5 Å². The number of amides is 1. The van der Waals surface area contributed by atoms with Crippen LogP contribution in [0.15, 0.2) is 24.3 Å². The minimum absolute atomic E-state index is 0.0157. The molecule has 1 fully saturated rings. The number of nitrogens with two attached hydrogens (primary N) is 1. The number of carbonyl (C=O) groups is 1. The maximum absolute atomic E-state index is 12.3. The number of ether oxygens (including phenoxy) is 1. The molecule has 92 valence electrons. The maximum Gasteiger partial charge on any atom is 0.257 e. The Morgan fingerprint density at radius 1 is 1.53 bits per heavy atom. The van der Waals surface area contributed by atoms with Crippen molar-refractivity contribution >= 4 is 5.91 Å². The summed E-state index contributed by atoms with van der Waals surface area (Å²) in [7, 11) is 0. The molecular formula is C13H18N2O2. The first-order chi connectivity index (χ1) is 8.22. The molecule has 0 aliphatic carbocycles. The minimum Gasteiger partial charge on any atom is -0.493 e. The van der Waals surface area contributed by atoms with E-state index in [9.17, 15) is 4.79 Å². The van der Waals surface area contributed by atoms with Gasteiger partial charge in [0.2, 0.25) is 0 Å². The number of nitrogens with zero attached hydrogens (tertiary/aromatic N) is 1. The molecule has 1 aromatic carbocycles. The molecule has 0 aromatic heterocycles. The molecule has 0 saturated carbocycles. The van der Waals surface area contributed by atoms with Crippen LogP contribution in [0.2, 0.25) is 0 Å². The number of hydrogen-bond acceptors (Lipinski definition) is 3. The van der Waals surface area contributed by atoms with Crippen LogP contribution in [0.5, 0.6) is 5.75 Å². The molecule has 2 N–H and O–H groups in total. The zero-order chi connectivity index (χ0) is 12.3. The molecule has 4 heteroatoms. The smallest absolute Gasteiger partial charge is 0.257 e. The second kappa shape index (κ2) is 5.19. The van der Waals surface area contributed by atoms with Crippen LogP contribution in [0.3, 0.4) is 0 Å². The standard InChI is InChI=1S/C13H18N2O2/c1-2-17-12-6-4-3-5-11(12)13(16)15-8-7-10(14)9-15/h3-6,10H,2,7-9,14H2,1H3/t10-/m1/s1. The monoisotopic (exact) mass is 234 g/mol. The third kappa shape index (κ3) is 2.58. The van der Waals surface area contributed by atoms with Gasteiger partial charge >= 0.3 is 0 Å². The minimum atomic E-state index is 0.0157. The fraction of sp³-hybridized carbons (Fsp3) is 0.462. The van der Waals surface area contributed by atoms with E-state index in [1.165, 1.54) is 0 Å². The van der Waals surface area contributed by atoms with Gasteiger partial charge in [-0.15, -0.1) is 0 Å². The third-order valence-corrected chi connectivity index (χ3v) is 2.93. The van der Waals surface area contributed by atoms with Crippen molar-refractivity contribution in [3.05, 3.63) is 29.8 Å². The van der Waals surface area contributed by atoms with Crippen LogP contribution in [0.4, 0.5) is 0 Å². The highest BCUT2D eigenvalue weighted by Gasteiger charge is 2.26. The van der Waals surface area contributed by atoms with Gasteiger partial charge in [-0.1, -0.05) is 12.1 Å². The summed E-state index contributed by atoms with van der Waals surface area (Å²) in [6, 6.07) is 7.46. The highest BCUT2D eigenvalue weighted by molar-refractivity contribution is 5.97. The average Bonchev–Trinajstić information content (AvgIpc) is 2.76. The van der Waals surface area contributed by atoms with Gasteiger partial charge in [-0.2, -0.15) is 0 Å². The molecule has 0 radical (unpaired) electrons. The zero-order valence-electron chi connectivity index (χ0n) is 10.1. The lowest BCUT2D eigenvalue weighted by Gasteiger charge is -2.17. The molecular weight excluding hydrogens is 216 g/mol. The van der Waals surface area contributed by atoms with Crippen molar-refractivity contribution in [2.75, 3.05) is 19.7 Å². The molecule has 0 unspecified atom stereocenters. The number of benzene rings is 1. The molecule has 1 aliphatic heterocycles. The van der Waals surface area contributed by atoms with E-state index in [1.807, 2.05) is 25.1 Å². The summed E-state index contributed by atoms with van der Waals surface area (Å²) in [6.07, 6.45) is 0.878. The van der Waals surface area contributed by atoms with Crippen molar-refractivity contribution < 1.29 is 9.53 Å². The van der Waals surface area contributed by atoms with Crippen molar-refractivity contribution in [3.63, 3.8) is 0 Å². The highest BCUT2D eigenvalue weighted by atomic mass is 16.5. The van der Waals surface area contributed by atoms with Crippen LogP contribution in [0.25, 0.3) is 0 Å². The van der Waals surface area contributed by atoms with E-state index in [-0.39, 0.29) is 11.9 Å². The number of likely N-dealkylation sites (tertiary alicyclic amines) is 1. The summed E-state index contributed by atoms with van der Waals surface area (Å²) in [6.45, 7) is 3.84. The first kappa shape index (κ1) is 11.9. The molecule has 0 bridgehead atoms. The Morgan fingerprint density at radius 2 is 2.29 bits per heavy atom. The Hall–Kier alpha value is -1.55. The van der Waals surface area contributed by atoms with Crippen LogP contribution in [-0.2, 0) is 0 Å². The van der Waals surface area contributed by atoms with Crippen LogP contribution in [0, 0.1) is 0 Å². The summed E-state index contributed by atoms with van der Waals surface area (Å²) in [5.74, 6) is 0.669. The average molecular weight is 234 g/mol. The third-order valence-electron chi connectivity index (χ3n) is 2.93. The summed E-state index contributed by atoms with van der Waals surface area (Å²) >= 11 is 0. The lowest BCUT2D eigenvalue weighted by molar-refractivity contribution is 0.0786. The lowest BCUT2D eigenvalue weighted by atomic mass is 10.2. The Labute approximate surface area is 101 Å². The molecule has 2 rings (SSSR count). The van der Waals surface area contributed by atoms with Gasteiger partial charge in [-0.05, 0) is 25.5 Å². The second-order valence-electron chi connectivity index (χ2n) is 4.23. The second-order valence-corrected chi connectivity index (χ2v) is 4.23. The van der Waals surface area contributed by atoms with Gasteiger partial charge in [0.25, 0.3) is 5.91 Å². The largest absolute Gasteiger partial charge is 0.493 e. The molecule has 1 atom stereocenters. The van der Waals surface area contributed by atoms with Gasteiger partial charge < -0.3 is 15.4 Å².